The highest BCUT2D eigenvalue weighted by molar-refractivity contribution is 5.74. The number of ether oxygens (including phenoxy) is 1. The average molecular weight is 409 g/mol. The van der Waals surface area contributed by atoms with Crippen molar-refractivity contribution in [3.63, 3.8) is 0 Å². The van der Waals surface area contributed by atoms with Gasteiger partial charge < -0.3 is 14.7 Å². The van der Waals surface area contributed by atoms with Crippen molar-refractivity contribution in [2.45, 2.75) is 44.6 Å². The van der Waals surface area contributed by atoms with Crippen LogP contribution < -0.4 is 0 Å². The molecule has 1 N–H and O–H groups in total. The van der Waals surface area contributed by atoms with Gasteiger partial charge in [-0.3, -0.25) is 9.78 Å². The number of methoxy groups -OCH3 is 1. The van der Waals surface area contributed by atoms with Crippen molar-refractivity contribution in [1.29, 1.82) is 0 Å². The summed E-state index contributed by atoms with van der Waals surface area (Å²) in [6.07, 6.45) is 4.92. The summed E-state index contributed by atoms with van der Waals surface area (Å²) in [5.41, 5.74) is 4.50. The minimum atomic E-state index is -0.505. The van der Waals surface area contributed by atoms with Crippen LogP contribution in [-0.4, -0.2) is 47.7 Å². The Morgan fingerprint density at radius 1 is 1.23 bits per heavy atom. The van der Waals surface area contributed by atoms with E-state index in [1.807, 2.05) is 12.1 Å². The maximum absolute atomic E-state index is 12.7. The van der Waals surface area contributed by atoms with E-state index in [0.717, 1.165) is 50.0 Å². The molecule has 0 saturated carbocycles. The van der Waals surface area contributed by atoms with E-state index < -0.39 is 6.10 Å². The fraction of sp³-hybridized carbons (Fsp3) is 0.520. The number of carbonyl (C=O) groups excluding carboxylic acids is 1. The second-order valence-corrected chi connectivity index (χ2v) is 8.84. The fourth-order valence-electron chi connectivity index (χ4n) is 5.35. The van der Waals surface area contributed by atoms with Crippen LogP contribution in [0, 0.1) is 18.8 Å². The Morgan fingerprint density at radius 2 is 2.07 bits per heavy atom. The van der Waals surface area contributed by atoms with Crippen molar-refractivity contribution >= 4 is 5.97 Å². The molecule has 0 spiro atoms. The van der Waals surface area contributed by atoms with Crippen molar-refractivity contribution < 1.29 is 14.6 Å². The van der Waals surface area contributed by atoms with Crippen molar-refractivity contribution in [2.75, 3.05) is 26.7 Å². The van der Waals surface area contributed by atoms with E-state index in [1.54, 1.807) is 6.20 Å². The zero-order valence-electron chi connectivity index (χ0n) is 18.0. The van der Waals surface area contributed by atoms with Crippen molar-refractivity contribution in [1.82, 2.24) is 9.88 Å². The molecule has 1 aliphatic carbocycles. The first kappa shape index (κ1) is 21.0. The highest BCUT2D eigenvalue weighted by Crippen LogP contribution is 2.37. The maximum atomic E-state index is 12.7. The molecule has 2 heterocycles. The van der Waals surface area contributed by atoms with Crippen LogP contribution in [-0.2, 0) is 16.0 Å². The number of benzene rings is 1. The normalized spacial score (nSPS) is 27.2. The van der Waals surface area contributed by atoms with Gasteiger partial charge >= 0.3 is 5.97 Å². The number of aliphatic hydroxyl groups is 1. The lowest BCUT2D eigenvalue weighted by molar-refractivity contribution is -0.148. The first-order valence-corrected chi connectivity index (χ1v) is 11.0. The number of carbonyl (C=O) groups is 1. The van der Waals surface area contributed by atoms with Crippen LogP contribution in [0.3, 0.4) is 0 Å². The second-order valence-electron chi connectivity index (χ2n) is 8.84. The summed E-state index contributed by atoms with van der Waals surface area (Å²) >= 11 is 0. The average Bonchev–Trinajstić information content (AvgIpc) is 2.92. The van der Waals surface area contributed by atoms with Crippen LogP contribution >= 0.6 is 0 Å². The molecule has 5 heteroatoms. The minimum Gasteiger partial charge on any atom is -0.469 e. The summed E-state index contributed by atoms with van der Waals surface area (Å²) in [5.74, 6) is 0.315. The molecule has 30 heavy (non-hydrogen) atoms. The highest BCUT2D eigenvalue weighted by atomic mass is 16.5. The molecule has 2 aromatic rings. The third-order valence-corrected chi connectivity index (χ3v) is 6.93. The van der Waals surface area contributed by atoms with E-state index in [0.29, 0.717) is 12.5 Å². The van der Waals surface area contributed by atoms with Gasteiger partial charge in [-0.05, 0) is 73.7 Å². The van der Waals surface area contributed by atoms with Gasteiger partial charge in [0.1, 0.15) is 0 Å². The summed E-state index contributed by atoms with van der Waals surface area (Å²) in [5, 5.41) is 10.7. The van der Waals surface area contributed by atoms with Crippen LogP contribution in [0.1, 0.15) is 53.7 Å². The van der Waals surface area contributed by atoms with Crippen LogP contribution in [0.4, 0.5) is 0 Å². The predicted octanol–water partition coefficient (Wildman–Crippen LogP) is 3.65. The van der Waals surface area contributed by atoms with Crippen LogP contribution in [0.2, 0.25) is 0 Å². The number of nitrogens with zero attached hydrogens (tertiary/aromatic N) is 2. The number of aliphatic hydroxyl groups excluding tert-OH is 1. The summed E-state index contributed by atoms with van der Waals surface area (Å²) in [6, 6.07) is 12.4. The predicted molar refractivity (Wildman–Crippen MR) is 116 cm³/mol. The van der Waals surface area contributed by atoms with Crippen LogP contribution in [0.25, 0.3) is 0 Å². The van der Waals surface area contributed by atoms with Gasteiger partial charge in [0.15, 0.2) is 0 Å². The van der Waals surface area contributed by atoms with E-state index in [2.05, 4.69) is 41.1 Å². The molecule has 0 amide bonds. The summed E-state index contributed by atoms with van der Waals surface area (Å²) < 4.78 is 5.19. The molecule has 2 unspecified atom stereocenters. The molecular weight excluding hydrogens is 376 g/mol. The van der Waals surface area contributed by atoms with Gasteiger partial charge in [0, 0.05) is 19.3 Å². The monoisotopic (exact) mass is 408 g/mol. The number of piperidine rings is 1. The third kappa shape index (κ3) is 4.42. The standard InChI is InChI=1S/C25H32N2O3/c1-17-6-3-4-8-20(17)21-11-13-27(16-22(21)25(29)30-2)15-18-9-10-19-7-5-12-26-24(19)23(28)14-18/h3-8,12,18,21-23,28H,9-11,13-16H2,1-2H3/t18-,21?,22?,23+/m1/s1. The Morgan fingerprint density at radius 3 is 2.87 bits per heavy atom. The molecule has 0 bridgehead atoms. The van der Waals surface area contributed by atoms with Gasteiger partial charge in [0.25, 0.3) is 0 Å². The largest absolute Gasteiger partial charge is 0.469 e. The van der Waals surface area contributed by atoms with E-state index in [4.69, 9.17) is 4.74 Å². The van der Waals surface area contributed by atoms with Gasteiger partial charge in [-0.2, -0.15) is 0 Å². The quantitative estimate of drug-likeness (QED) is 0.618. The van der Waals surface area contributed by atoms with Gasteiger partial charge in [0.05, 0.1) is 24.8 Å². The minimum absolute atomic E-state index is 0.120. The molecule has 1 aliphatic heterocycles. The van der Waals surface area contributed by atoms with E-state index in [-0.39, 0.29) is 17.8 Å². The topological polar surface area (TPSA) is 62.7 Å². The zero-order valence-corrected chi connectivity index (χ0v) is 18.0. The zero-order chi connectivity index (χ0) is 21.1. The number of fused-ring (bicyclic) bond motifs is 1. The summed E-state index contributed by atoms with van der Waals surface area (Å²) in [6.45, 7) is 4.70. The molecular formula is C25H32N2O3. The third-order valence-electron chi connectivity index (χ3n) is 6.93. The fourth-order valence-corrected chi connectivity index (χ4v) is 5.35. The van der Waals surface area contributed by atoms with Crippen molar-refractivity contribution in [3.05, 3.63) is 65.0 Å². The molecule has 1 fully saturated rings. The van der Waals surface area contributed by atoms with Gasteiger partial charge in [-0.1, -0.05) is 30.3 Å². The van der Waals surface area contributed by atoms with E-state index >= 15 is 0 Å². The Hall–Kier alpha value is -2.24. The van der Waals surface area contributed by atoms with Crippen LogP contribution in [0.15, 0.2) is 42.6 Å². The molecule has 4 atom stereocenters. The Bertz CT molecular complexity index is 884. The smallest absolute Gasteiger partial charge is 0.310 e. The van der Waals surface area contributed by atoms with Crippen LogP contribution in [0.5, 0.6) is 0 Å². The Kier molecular flexibility index (Phi) is 6.49. The lowest BCUT2D eigenvalue weighted by atomic mass is 9.78. The van der Waals surface area contributed by atoms with E-state index in [1.165, 1.54) is 18.2 Å². The number of aromatic nitrogens is 1. The first-order chi connectivity index (χ1) is 14.6. The Balaban J connectivity index is 1.45. The molecule has 4 rings (SSSR count). The number of hydrogen-bond donors (Lipinski definition) is 1. The second kappa shape index (κ2) is 9.27. The molecule has 0 radical (unpaired) electrons. The number of hydrogen-bond acceptors (Lipinski definition) is 5. The number of esters is 1. The summed E-state index contributed by atoms with van der Waals surface area (Å²) in [7, 11) is 1.49. The SMILES string of the molecule is COC(=O)C1CN(C[C@@H]2CCc3cccnc3[C@@H](O)C2)CCC1c1ccccc1C. The first-order valence-electron chi connectivity index (χ1n) is 11.0. The molecule has 2 aliphatic rings. The van der Waals surface area contributed by atoms with Crippen molar-refractivity contribution in [2.24, 2.45) is 11.8 Å². The van der Waals surface area contributed by atoms with Gasteiger partial charge in [-0.25, -0.2) is 0 Å². The number of aryl methyl sites for hydroxylation is 2. The van der Waals surface area contributed by atoms with Gasteiger partial charge in [-0.15, -0.1) is 0 Å². The molecule has 160 valence electrons. The lowest BCUT2D eigenvalue weighted by Gasteiger charge is -2.39. The Labute approximate surface area is 179 Å². The number of likely N-dealkylation sites (tertiary alicyclic amines) is 1. The van der Waals surface area contributed by atoms with Gasteiger partial charge in [0.2, 0.25) is 0 Å². The highest BCUT2D eigenvalue weighted by Gasteiger charge is 2.37. The summed E-state index contributed by atoms with van der Waals surface area (Å²) in [4.78, 5) is 19.5. The molecule has 5 nitrogen and oxygen atoms in total. The molecule has 1 saturated heterocycles. The lowest BCUT2D eigenvalue weighted by Crippen LogP contribution is -2.45. The van der Waals surface area contributed by atoms with Crippen molar-refractivity contribution in [3.8, 4) is 0 Å². The van der Waals surface area contributed by atoms with E-state index in [9.17, 15) is 9.90 Å². The number of rotatable bonds is 4. The number of pyridine rings is 1. The molecule has 1 aromatic heterocycles. The maximum Gasteiger partial charge on any atom is 0.310 e. The molecule has 1 aromatic carbocycles.